The summed E-state index contributed by atoms with van der Waals surface area (Å²) in [5, 5.41) is 60.0. The minimum Gasteiger partial charge on any atom is -0.462 e. The molecule has 15 heteroatoms. The van der Waals surface area contributed by atoms with Crippen LogP contribution in [0.4, 0.5) is 0 Å². The second kappa shape index (κ2) is 34.8. The second-order valence-electron chi connectivity index (χ2n) is 15.0. The fourth-order valence-electron chi connectivity index (χ4n) is 6.10. The molecule has 0 heterocycles. The van der Waals surface area contributed by atoms with E-state index >= 15 is 0 Å². The largest absolute Gasteiger partial charge is 0.472 e. The molecule has 1 aliphatic carbocycles. The predicted octanol–water partition coefficient (Wildman–Crippen LogP) is 6.91. The van der Waals surface area contributed by atoms with Gasteiger partial charge in [0.2, 0.25) is 0 Å². The Kier molecular flexibility index (Phi) is 32.0. The SMILES string of the molecule is CC/C=C\C/C=C\C/C=C\CCCCCCCC(=O)O[C@H](COC(=O)CCCCCCC/C=C/C=C/C(O)C/C=C/CC)COP(=O)(O)OC1[C@H](O)[C@H](O)C(O)[C@H](O)[C@H]1O. The van der Waals surface area contributed by atoms with Gasteiger partial charge in [0.05, 0.1) is 12.7 Å². The van der Waals surface area contributed by atoms with Crippen LogP contribution in [-0.4, -0.2) is 110 Å². The summed E-state index contributed by atoms with van der Waals surface area (Å²) >= 11 is 0. The molecule has 4 unspecified atom stereocenters. The van der Waals surface area contributed by atoms with Crippen molar-refractivity contribution in [2.75, 3.05) is 13.2 Å². The fraction of sp³-hybridized carbons (Fsp3) is 0.689. The predicted molar refractivity (Wildman–Crippen MR) is 231 cm³/mol. The first-order valence-corrected chi connectivity index (χ1v) is 23.3. The molecule has 0 aliphatic heterocycles. The number of phosphoric acid groups is 1. The number of unbranched alkanes of at least 4 members (excludes halogenated alkanes) is 10. The number of hydrogen-bond acceptors (Lipinski definition) is 13. The Morgan fingerprint density at radius 3 is 1.72 bits per heavy atom. The zero-order chi connectivity index (χ0) is 44.4. The Hall–Kier alpha value is -2.75. The molecule has 7 N–H and O–H groups in total. The smallest absolute Gasteiger partial charge is 0.462 e. The zero-order valence-corrected chi connectivity index (χ0v) is 36.7. The second-order valence-corrected chi connectivity index (χ2v) is 16.4. The van der Waals surface area contributed by atoms with Gasteiger partial charge in [0.1, 0.15) is 43.2 Å². The number of hydrogen-bond donors (Lipinski definition) is 7. The summed E-state index contributed by atoms with van der Waals surface area (Å²) in [6.45, 7) is 2.92. The molecular formula is C45H75O14P. The zero-order valence-electron chi connectivity index (χ0n) is 35.8. The van der Waals surface area contributed by atoms with Gasteiger partial charge in [0, 0.05) is 12.8 Å². The van der Waals surface area contributed by atoms with Crippen molar-refractivity contribution in [3.05, 3.63) is 72.9 Å². The lowest BCUT2D eigenvalue weighted by Gasteiger charge is -2.41. The molecule has 344 valence electrons. The summed E-state index contributed by atoms with van der Waals surface area (Å²) in [6.07, 6.45) is 25.7. The van der Waals surface area contributed by atoms with Crippen molar-refractivity contribution in [3.8, 4) is 0 Å². The molecular weight excluding hydrogens is 795 g/mol. The third kappa shape index (κ3) is 27.2. The van der Waals surface area contributed by atoms with Crippen molar-refractivity contribution >= 4 is 19.8 Å². The maximum absolute atomic E-state index is 12.8. The van der Waals surface area contributed by atoms with E-state index in [9.17, 15) is 49.7 Å². The van der Waals surface area contributed by atoms with Crippen LogP contribution in [0.5, 0.6) is 0 Å². The summed E-state index contributed by atoms with van der Waals surface area (Å²) in [4.78, 5) is 35.6. The van der Waals surface area contributed by atoms with Gasteiger partial charge in [-0.25, -0.2) is 4.57 Å². The lowest BCUT2D eigenvalue weighted by molar-refractivity contribution is -0.220. The van der Waals surface area contributed by atoms with Crippen molar-refractivity contribution in [1.29, 1.82) is 0 Å². The summed E-state index contributed by atoms with van der Waals surface area (Å²) in [6, 6.07) is 0. The Morgan fingerprint density at radius 1 is 0.600 bits per heavy atom. The van der Waals surface area contributed by atoms with Gasteiger partial charge in [-0.15, -0.1) is 0 Å². The standard InChI is InChI=1S/C45H75O14P/c1-3-5-7-8-9-10-11-12-13-14-15-18-22-25-29-33-39(48)58-37(35-57-60(54,55)59-45-43(52)41(50)40(49)42(51)44(45)53)34-56-38(47)32-28-24-21-19-16-17-20-23-27-31-36(46)30-26-6-4-2/h5-7,9-10,12-13,20,23,26-27,31,36-37,40-46,49-53H,3-4,8,11,14-19,21-22,24-25,28-30,32-35H2,1-2H3,(H,54,55)/b7-5-,10-9-,13-12-,23-20+,26-6+,31-27+/t36?,37-,40?,41-,42+,43-,44-,45?/m1/s1. The number of carbonyl (C=O) groups is 2. The van der Waals surface area contributed by atoms with E-state index in [1.807, 2.05) is 31.2 Å². The molecule has 0 aromatic heterocycles. The number of esters is 2. The van der Waals surface area contributed by atoms with Crippen LogP contribution in [0.25, 0.3) is 0 Å². The highest BCUT2D eigenvalue weighted by Crippen LogP contribution is 2.47. The van der Waals surface area contributed by atoms with Crippen LogP contribution >= 0.6 is 7.82 Å². The van der Waals surface area contributed by atoms with Gasteiger partial charge in [-0.1, -0.05) is 125 Å². The molecule has 0 spiro atoms. The van der Waals surface area contributed by atoms with Crippen LogP contribution in [-0.2, 0) is 32.7 Å². The van der Waals surface area contributed by atoms with Gasteiger partial charge < -0.3 is 45.0 Å². The summed E-state index contributed by atoms with van der Waals surface area (Å²) in [5.74, 6) is -1.18. The first-order chi connectivity index (χ1) is 28.8. The summed E-state index contributed by atoms with van der Waals surface area (Å²) in [7, 11) is -5.14. The van der Waals surface area contributed by atoms with Gasteiger partial charge in [0.25, 0.3) is 0 Å². The minimum absolute atomic E-state index is 0.0581. The van der Waals surface area contributed by atoms with E-state index in [2.05, 4.69) is 49.5 Å². The van der Waals surface area contributed by atoms with Gasteiger partial charge >= 0.3 is 19.8 Å². The van der Waals surface area contributed by atoms with Crippen LogP contribution in [0.2, 0.25) is 0 Å². The van der Waals surface area contributed by atoms with E-state index < -0.39 is 81.8 Å². The molecule has 0 saturated heterocycles. The molecule has 14 nitrogen and oxygen atoms in total. The number of aliphatic hydroxyl groups is 6. The first-order valence-electron chi connectivity index (χ1n) is 21.8. The average molecular weight is 871 g/mol. The van der Waals surface area contributed by atoms with Crippen LogP contribution in [0.1, 0.15) is 136 Å². The molecule has 1 aliphatic rings. The highest BCUT2D eigenvalue weighted by molar-refractivity contribution is 7.47. The monoisotopic (exact) mass is 870 g/mol. The molecule has 9 atom stereocenters. The molecule has 1 fully saturated rings. The van der Waals surface area contributed by atoms with E-state index in [-0.39, 0.29) is 12.8 Å². The Labute approximate surface area is 358 Å². The summed E-state index contributed by atoms with van der Waals surface area (Å²) < 4.78 is 33.4. The number of carbonyl (C=O) groups excluding carboxylic acids is 2. The van der Waals surface area contributed by atoms with Crippen LogP contribution < -0.4 is 0 Å². The van der Waals surface area contributed by atoms with E-state index in [1.54, 1.807) is 6.08 Å². The van der Waals surface area contributed by atoms with Crippen LogP contribution in [0.3, 0.4) is 0 Å². The van der Waals surface area contributed by atoms with Crippen molar-refractivity contribution in [3.63, 3.8) is 0 Å². The highest BCUT2D eigenvalue weighted by Gasteiger charge is 2.51. The number of allylic oxidation sites excluding steroid dienone is 10. The lowest BCUT2D eigenvalue weighted by Crippen LogP contribution is -2.64. The molecule has 1 saturated carbocycles. The van der Waals surface area contributed by atoms with Crippen molar-refractivity contribution < 1.29 is 68.2 Å². The van der Waals surface area contributed by atoms with Crippen molar-refractivity contribution in [1.82, 2.24) is 0 Å². The molecule has 0 radical (unpaired) electrons. The van der Waals surface area contributed by atoms with E-state index in [0.717, 1.165) is 89.9 Å². The third-order valence-corrected chi connectivity index (χ3v) is 10.6. The van der Waals surface area contributed by atoms with Gasteiger partial charge in [-0.2, -0.15) is 0 Å². The van der Waals surface area contributed by atoms with Crippen LogP contribution in [0.15, 0.2) is 72.9 Å². The van der Waals surface area contributed by atoms with Crippen LogP contribution in [0, 0.1) is 0 Å². The van der Waals surface area contributed by atoms with E-state index in [0.29, 0.717) is 19.3 Å². The van der Waals surface area contributed by atoms with Gasteiger partial charge in [-0.05, 0) is 70.6 Å². The fourth-order valence-corrected chi connectivity index (χ4v) is 7.07. The maximum Gasteiger partial charge on any atom is 0.472 e. The summed E-state index contributed by atoms with van der Waals surface area (Å²) in [5.41, 5.74) is 0. The Balaban J connectivity index is 2.53. The number of aliphatic hydroxyl groups excluding tert-OH is 6. The quantitative estimate of drug-likeness (QED) is 0.0115. The lowest BCUT2D eigenvalue weighted by atomic mass is 9.85. The average Bonchev–Trinajstić information content (AvgIpc) is 3.22. The number of ether oxygens (including phenoxy) is 2. The van der Waals surface area contributed by atoms with Crippen molar-refractivity contribution in [2.45, 2.75) is 185 Å². The normalized spacial score (nSPS) is 23.4. The van der Waals surface area contributed by atoms with E-state index in [1.165, 1.54) is 0 Å². The Bertz CT molecular complexity index is 1340. The Morgan fingerprint density at radius 2 is 1.10 bits per heavy atom. The van der Waals surface area contributed by atoms with Crippen molar-refractivity contribution in [2.24, 2.45) is 0 Å². The van der Waals surface area contributed by atoms with Gasteiger partial charge in [0.15, 0.2) is 6.10 Å². The molecule has 0 aromatic rings. The topological polar surface area (TPSA) is 230 Å². The molecule has 60 heavy (non-hydrogen) atoms. The van der Waals surface area contributed by atoms with Gasteiger partial charge in [-0.3, -0.25) is 18.6 Å². The number of rotatable bonds is 34. The molecule has 0 amide bonds. The molecule has 0 aromatic carbocycles. The number of phosphoric ester groups is 1. The minimum atomic E-state index is -5.14. The first kappa shape index (κ1) is 55.3. The maximum atomic E-state index is 12.8. The molecule has 1 rings (SSSR count). The molecule has 0 bridgehead atoms. The van der Waals surface area contributed by atoms with E-state index in [4.69, 9.17) is 18.5 Å². The third-order valence-electron chi connectivity index (χ3n) is 9.62. The highest BCUT2D eigenvalue weighted by atomic mass is 31.2.